The van der Waals surface area contributed by atoms with Crippen molar-refractivity contribution >= 4 is 27.6 Å². The van der Waals surface area contributed by atoms with Crippen molar-refractivity contribution in [2.75, 3.05) is 12.3 Å². The third-order valence-corrected chi connectivity index (χ3v) is 2.44. The summed E-state index contributed by atoms with van der Waals surface area (Å²) in [6.45, 7) is 1.66. The molecule has 1 rings (SSSR count). The molecule has 0 unspecified atom stereocenters. The highest BCUT2D eigenvalue weighted by Gasteiger charge is 2.32. The highest BCUT2D eigenvalue weighted by Crippen LogP contribution is 2.34. The molecule has 1 aromatic rings. The monoisotopic (exact) mass is 327 g/mol. The van der Waals surface area contributed by atoms with Crippen LogP contribution < -0.4 is 10.5 Å². The van der Waals surface area contributed by atoms with Crippen molar-refractivity contribution in [3.05, 3.63) is 22.2 Å². The fourth-order valence-corrected chi connectivity index (χ4v) is 1.60. The van der Waals surface area contributed by atoms with E-state index in [-0.39, 0.29) is 22.3 Å². The van der Waals surface area contributed by atoms with Crippen LogP contribution in [0.3, 0.4) is 0 Å². The highest BCUT2D eigenvalue weighted by atomic mass is 79.9. The topological polar surface area (TPSA) is 61.5 Å². The Kier molecular flexibility index (Phi) is 4.44. The van der Waals surface area contributed by atoms with E-state index in [0.717, 1.165) is 12.1 Å². The molecular weight excluding hydrogens is 319 g/mol. The Bertz CT molecular complexity index is 462. The van der Waals surface area contributed by atoms with Gasteiger partial charge in [0.2, 0.25) is 0 Å². The third-order valence-electron chi connectivity index (χ3n) is 1.83. The summed E-state index contributed by atoms with van der Waals surface area (Å²) in [5.41, 5.74) is 5.33. The van der Waals surface area contributed by atoms with Gasteiger partial charge in [0.25, 0.3) is 0 Å². The molecule has 0 heterocycles. The number of anilines is 1. The molecule has 0 aliphatic heterocycles. The smallest absolute Gasteiger partial charge is 0.462 e. The zero-order valence-corrected chi connectivity index (χ0v) is 10.8. The summed E-state index contributed by atoms with van der Waals surface area (Å²) in [6.07, 6.45) is -4.86. The maximum Gasteiger partial charge on any atom is 0.573 e. The molecule has 0 aliphatic carbocycles. The number of nitrogens with two attached hydrogens (primary N) is 1. The van der Waals surface area contributed by atoms with Crippen molar-refractivity contribution in [2.24, 2.45) is 0 Å². The average Bonchev–Trinajstić information content (AvgIpc) is 2.20. The Morgan fingerprint density at radius 2 is 2.06 bits per heavy atom. The number of hydrogen-bond acceptors (Lipinski definition) is 4. The second-order valence-corrected chi connectivity index (χ2v) is 3.99. The predicted octanol–water partition coefficient (Wildman–Crippen LogP) is 3.11. The maximum absolute atomic E-state index is 12.1. The van der Waals surface area contributed by atoms with Crippen LogP contribution in [-0.2, 0) is 4.74 Å². The van der Waals surface area contributed by atoms with Gasteiger partial charge in [-0.1, -0.05) is 0 Å². The molecule has 0 radical (unpaired) electrons. The fraction of sp³-hybridized carbons (Fsp3) is 0.300. The van der Waals surface area contributed by atoms with Crippen molar-refractivity contribution in [3.8, 4) is 5.75 Å². The van der Waals surface area contributed by atoms with Gasteiger partial charge in [0.05, 0.1) is 16.6 Å². The van der Waals surface area contributed by atoms with E-state index in [9.17, 15) is 18.0 Å². The summed E-state index contributed by atoms with van der Waals surface area (Å²) in [6, 6.07) is 2.03. The maximum atomic E-state index is 12.1. The fourth-order valence-electron chi connectivity index (χ4n) is 1.16. The van der Waals surface area contributed by atoms with Crippen molar-refractivity contribution in [2.45, 2.75) is 13.3 Å². The number of ether oxygens (including phenoxy) is 2. The van der Waals surface area contributed by atoms with Crippen molar-refractivity contribution in [1.82, 2.24) is 0 Å². The number of alkyl halides is 3. The van der Waals surface area contributed by atoms with E-state index in [1.165, 1.54) is 0 Å². The Morgan fingerprint density at radius 1 is 1.44 bits per heavy atom. The van der Waals surface area contributed by atoms with Gasteiger partial charge in [-0.25, -0.2) is 4.79 Å². The number of carbonyl (C=O) groups excluding carboxylic acids is 1. The quantitative estimate of drug-likeness (QED) is 0.684. The molecule has 8 heteroatoms. The third kappa shape index (κ3) is 3.80. The van der Waals surface area contributed by atoms with Crippen LogP contribution in [-0.4, -0.2) is 18.9 Å². The number of hydrogen-bond donors (Lipinski definition) is 1. The van der Waals surface area contributed by atoms with Gasteiger partial charge in [-0.3, -0.25) is 0 Å². The molecule has 0 atom stereocenters. The molecule has 18 heavy (non-hydrogen) atoms. The number of nitrogen functional groups attached to an aromatic ring is 1. The van der Waals surface area contributed by atoms with E-state index in [0.29, 0.717) is 0 Å². The van der Waals surface area contributed by atoms with Crippen LogP contribution in [0.1, 0.15) is 17.3 Å². The Labute approximate surface area is 109 Å². The predicted molar refractivity (Wildman–Crippen MR) is 61.2 cm³/mol. The summed E-state index contributed by atoms with van der Waals surface area (Å²) >= 11 is 2.86. The lowest BCUT2D eigenvalue weighted by atomic mass is 10.2. The highest BCUT2D eigenvalue weighted by molar-refractivity contribution is 9.10. The van der Waals surface area contributed by atoms with E-state index in [4.69, 9.17) is 5.73 Å². The van der Waals surface area contributed by atoms with Crippen molar-refractivity contribution in [3.63, 3.8) is 0 Å². The molecule has 1 aromatic carbocycles. The molecule has 0 fully saturated rings. The molecular formula is C10H9BrF3NO3. The zero-order chi connectivity index (χ0) is 13.9. The molecule has 2 N–H and O–H groups in total. The molecule has 100 valence electrons. The average molecular weight is 328 g/mol. The van der Waals surface area contributed by atoms with Crippen molar-refractivity contribution in [1.29, 1.82) is 0 Å². The number of carbonyl (C=O) groups is 1. The van der Waals surface area contributed by atoms with Crippen LogP contribution in [0, 0.1) is 0 Å². The van der Waals surface area contributed by atoms with Crippen LogP contribution in [0.2, 0.25) is 0 Å². The zero-order valence-electron chi connectivity index (χ0n) is 9.18. The van der Waals surface area contributed by atoms with Gasteiger partial charge in [0.15, 0.2) is 0 Å². The number of halogens is 4. The van der Waals surface area contributed by atoms with Gasteiger partial charge < -0.3 is 15.2 Å². The molecule has 0 aromatic heterocycles. The van der Waals surface area contributed by atoms with Crippen LogP contribution in [0.4, 0.5) is 18.9 Å². The van der Waals surface area contributed by atoms with E-state index < -0.39 is 18.1 Å². The lowest BCUT2D eigenvalue weighted by molar-refractivity contribution is -0.274. The van der Waals surface area contributed by atoms with E-state index in [2.05, 4.69) is 25.4 Å². The molecule has 0 amide bonds. The van der Waals surface area contributed by atoms with Crippen molar-refractivity contribution < 1.29 is 27.4 Å². The molecule has 0 saturated carbocycles. The van der Waals surface area contributed by atoms with E-state index >= 15 is 0 Å². The van der Waals surface area contributed by atoms with Gasteiger partial charge in [0.1, 0.15) is 5.75 Å². The lowest BCUT2D eigenvalue weighted by Crippen LogP contribution is -2.18. The van der Waals surface area contributed by atoms with Crippen LogP contribution >= 0.6 is 15.9 Å². The van der Waals surface area contributed by atoms with Crippen LogP contribution in [0.5, 0.6) is 5.75 Å². The minimum absolute atomic E-state index is 0.00477. The first kappa shape index (κ1) is 14.6. The van der Waals surface area contributed by atoms with Crippen LogP contribution in [0.15, 0.2) is 16.6 Å². The normalized spacial score (nSPS) is 11.2. The second-order valence-electron chi connectivity index (χ2n) is 3.14. The molecule has 0 bridgehead atoms. The van der Waals surface area contributed by atoms with E-state index in [1.54, 1.807) is 6.92 Å². The second kappa shape index (κ2) is 5.47. The standard InChI is InChI=1S/C10H9BrF3NO3/c1-2-17-9(16)5-3-8(18-10(12,13)14)6(11)4-7(5)15/h3-4H,2,15H2,1H3. The molecule has 4 nitrogen and oxygen atoms in total. The van der Waals surface area contributed by atoms with Gasteiger partial charge in [0, 0.05) is 5.69 Å². The molecule has 0 aliphatic rings. The minimum atomic E-state index is -4.86. The van der Waals surface area contributed by atoms with Gasteiger partial charge >= 0.3 is 12.3 Å². The SMILES string of the molecule is CCOC(=O)c1cc(OC(F)(F)F)c(Br)cc1N. The summed E-state index contributed by atoms with van der Waals surface area (Å²) < 4.78 is 44.7. The summed E-state index contributed by atoms with van der Waals surface area (Å²) in [5, 5.41) is 0. The molecule has 0 saturated heterocycles. The van der Waals surface area contributed by atoms with Gasteiger partial charge in [-0.15, -0.1) is 13.2 Å². The van der Waals surface area contributed by atoms with Crippen LogP contribution in [0.25, 0.3) is 0 Å². The van der Waals surface area contributed by atoms with E-state index in [1.807, 2.05) is 0 Å². The lowest BCUT2D eigenvalue weighted by Gasteiger charge is -2.13. The largest absolute Gasteiger partial charge is 0.573 e. The summed E-state index contributed by atoms with van der Waals surface area (Å²) in [5.74, 6) is -1.37. The number of esters is 1. The number of rotatable bonds is 3. The first-order valence-corrected chi connectivity index (χ1v) is 5.55. The Balaban J connectivity index is 3.14. The van der Waals surface area contributed by atoms with Gasteiger partial charge in [-0.05, 0) is 35.0 Å². The number of benzene rings is 1. The first-order valence-electron chi connectivity index (χ1n) is 4.76. The Morgan fingerprint density at radius 3 is 2.56 bits per heavy atom. The summed E-state index contributed by atoms with van der Waals surface area (Å²) in [7, 11) is 0. The minimum Gasteiger partial charge on any atom is -0.462 e. The Hall–Kier alpha value is -1.44. The summed E-state index contributed by atoms with van der Waals surface area (Å²) in [4.78, 5) is 11.4. The first-order chi connectivity index (χ1) is 8.24. The molecule has 0 spiro atoms. The van der Waals surface area contributed by atoms with Gasteiger partial charge in [-0.2, -0.15) is 0 Å².